The molecule has 0 aliphatic heterocycles. The van der Waals surface area contributed by atoms with E-state index in [1.54, 1.807) is 6.08 Å². The standard InChI is InChI=1S/C8H12/c1-3-5-7-8-6-4-2/h3-7H,1,8H2,2H3. The van der Waals surface area contributed by atoms with Crippen LogP contribution in [0.5, 0.6) is 0 Å². The van der Waals surface area contributed by atoms with Gasteiger partial charge in [-0.25, -0.2) is 0 Å². The second-order valence-electron chi connectivity index (χ2n) is 1.47. The summed E-state index contributed by atoms with van der Waals surface area (Å²) >= 11 is 0. The van der Waals surface area contributed by atoms with Crippen LogP contribution in [0.4, 0.5) is 0 Å². The van der Waals surface area contributed by atoms with Gasteiger partial charge in [-0.15, -0.1) is 6.58 Å². The number of allylic oxidation sites excluding steroid dienone is 1. The van der Waals surface area contributed by atoms with Crippen molar-refractivity contribution in [3.8, 4) is 0 Å². The Labute approximate surface area is 52.6 Å². The molecule has 0 aliphatic carbocycles. The summed E-state index contributed by atoms with van der Waals surface area (Å²) in [5, 5.41) is 0. The van der Waals surface area contributed by atoms with Gasteiger partial charge in [-0.2, -0.15) is 0 Å². The van der Waals surface area contributed by atoms with Crippen molar-refractivity contribution in [2.75, 3.05) is 0 Å². The number of hydrogen-bond donors (Lipinski definition) is 0. The Kier molecular flexibility index (Phi) is 6.52. The first-order valence-corrected chi connectivity index (χ1v) is 2.80. The zero-order valence-corrected chi connectivity index (χ0v) is 5.30. The maximum atomic E-state index is 3.55. The first kappa shape index (κ1) is 7.74. The number of unbranched alkanes of at least 4 members (excludes halogenated alkanes) is 4. The van der Waals surface area contributed by atoms with Crippen LogP contribution in [0, 0.1) is 25.7 Å². The van der Waals surface area contributed by atoms with E-state index in [9.17, 15) is 0 Å². The van der Waals surface area contributed by atoms with Gasteiger partial charge in [0.05, 0.1) is 0 Å². The van der Waals surface area contributed by atoms with Gasteiger partial charge in [0.1, 0.15) is 0 Å². The maximum Gasteiger partial charge on any atom is -0.0139 e. The Morgan fingerprint density at radius 1 is 1.38 bits per heavy atom. The minimum absolute atomic E-state index is 1.02. The highest BCUT2D eigenvalue weighted by Gasteiger charge is 1.83. The van der Waals surface area contributed by atoms with Crippen molar-refractivity contribution in [1.82, 2.24) is 0 Å². The minimum atomic E-state index is 1.02. The van der Waals surface area contributed by atoms with Crippen molar-refractivity contribution < 1.29 is 0 Å². The topological polar surface area (TPSA) is 0 Å². The van der Waals surface area contributed by atoms with Crippen molar-refractivity contribution >= 4 is 0 Å². The first-order chi connectivity index (χ1) is 3.91. The van der Waals surface area contributed by atoms with Crippen LogP contribution in [0.1, 0.15) is 13.3 Å². The van der Waals surface area contributed by atoms with E-state index >= 15 is 0 Å². The molecule has 0 saturated heterocycles. The summed E-state index contributed by atoms with van der Waals surface area (Å²) in [6.45, 7) is 5.56. The molecular formula is C8H12. The minimum Gasteiger partial charge on any atom is -0.103 e. The molecule has 0 N–H and O–H groups in total. The Bertz CT molecular complexity index is 46.0. The van der Waals surface area contributed by atoms with Gasteiger partial charge >= 0.3 is 0 Å². The zero-order valence-electron chi connectivity index (χ0n) is 5.30. The van der Waals surface area contributed by atoms with Crippen LogP contribution in [0.2, 0.25) is 0 Å². The molecule has 0 bridgehead atoms. The summed E-state index contributed by atoms with van der Waals surface area (Å²) in [4.78, 5) is 0. The van der Waals surface area contributed by atoms with Crippen molar-refractivity contribution in [2.24, 2.45) is 0 Å². The molecular weight excluding hydrogens is 96.1 g/mol. The van der Waals surface area contributed by atoms with Gasteiger partial charge in [0.15, 0.2) is 0 Å². The van der Waals surface area contributed by atoms with E-state index in [1.165, 1.54) is 0 Å². The SMILES string of the molecule is C=C[CH][CH]C[CH][CH]C. The molecule has 0 heteroatoms. The maximum absolute atomic E-state index is 3.55. The molecule has 0 spiro atoms. The van der Waals surface area contributed by atoms with E-state index in [2.05, 4.69) is 19.4 Å². The highest BCUT2D eigenvalue weighted by molar-refractivity contribution is 5.01. The van der Waals surface area contributed by atoms with Crippen molar-refractivity contribution in [3.05, 3.63) is 38.3 Å². The lowest BCUT2D eigenvalue weighted by atomic mass is 10.2. The monoisotopic (exact) mass is 108 g/mol. The van der Waals surface area contributed by atoms with Crippen LogP contribution < -0.4 is 0 Å². The van der Waals surface area contributed by atoms with E-state index in [4.69, 9.17) is 0 Å². The van der Waals surface area contributed by atoms with Crippen molar-refractivity contribution in [2.45, 2.75) is 13.3 Å². The third kappa shape index (κ3) is 5.74. The normalized spacial score (nSPS) is 9.12. The van der Waals surface area contributed by atoms with Gasteiger partial charge in [-0.1, -0.05) is 13.0 Å². The van der Waals surface area contributed by atoms with Crippen LogP contribution in [0.3, 0.4) is 0 Å². The smallest absolute Gasteiger partial charge is 0.0139 e. The molecule has 4 radical (unpaired) electrons. The summed E-state index contributed by atoms with van der Waals surface area (Å²) in [7, 11) is 0. The predicted molar refractivity (Wildman–Crippen MR) is 37.7 cm³/mol. The fraction of sp³-hybridized carbons (Fsp3) is 0.250. The largest absolute Gasteiger partial charge is 0.103 e. The van der Waals surface area contributed by atoms with Crippen LogP contribution in [0.25, 0.3) is 0 Å². The summed E-state index contributed by atoms with van der Waals surface area (Å²) in [6.07, 6.45) is 10.9. The Morgan fingerprint density at radius 3 is 2.62 bits per heavy atom. The van der Waals surface area contributed by atoms with E-state index in [1.807, 2.05) is 19.8 Å². The third-order valence-corrected chi connectivity index (χ3v) is 0.780. The number of hydrogen-bond acceptors (Lipinski definition) is 0. The van der Waals surface area contributed by atoms with Crippen LogP contribution >= 0.6 is 0 Å². The lowest BCUT2D eigenvalue weighted by Gasteiger charge is -1.90. The zero-order chi connectivity index (χ0) is 6.24. The highest BCUT2D eigenvalue weighted by atomic mass is 13.9. The summed E-state index contributed by atoms with van der Waals surface area (Å²) in [5.74, 6) is 0. The summed E-state index contributed by atoms with van der Waals surface area (Å²) in [6, 6.07) is 0. The van der Waals surface area contributed by atoms with E-state index in [0.717, 1.165) is 6.42 Å². The molecule has 44 valence electrons. The molecule has 0 aliphatic rings. The average molecular weight is 108 g/mol. The van der Waals surface area contributed by atoms with Gasteiger partial charge in [-0.05, 0) is 32.1 Å². The molecule has 0 aromatic rings. The van der Waals surface area contributed by atoms with Gasteiger partial charge in [-0.3, -0.25) is 0 Å². The molecule has 0 aromatic heterocycles. The fourth-order valence-electron chi connectivity index (χ4n) is 0.389. The highest BCUT2D eigenvalue weighted by Crippen LogP contribution is 1.97. The third-order valence-electron chi connectivity index (χ3n) is 0.780. The first-order valence-electron chi connectivity index (χ1n) is 2.80. The van der Waals surface area contributed by atoms with Crippen molar-refractivity contribution in [3.63, 3.8) is 0 Å². The van der Waals surface area contributed by atoms with Crippen LogP contribution in [-0.2, 0) is 0 Å². The second kappa shape index (κ2) is 6.74. The molecule has 0 saturated carbocycles. The Morgan fingerprint density at radius 2 is 2.12 bits per heavy atom. The second-order valence-corrected chi connectivity index (χ2v) is 1.47. The molecule has 8 heavy (non-hydrogen) atoms. The average Bonchev–Trinajstić information content (AvgIpc) is 1.81. The molecule has 0 heterocycles. The summed E-state index contributed by atoms with van der Waals surface area (Å²) in [5.41, 5.74) is 0. The lowest BCUT2D eigenvalue weighted by Crippen LogP contribution is -1.76. The van der Waals surface area contributed by atoms with Gasteiger partial charge < -0.3 is 0 Å². The molecule has 0 aromatic carbocycles. The lowest BCUT2D eigenvalue weighted by molar-refractivity contribution is 1.13. The molecule has 0 atom stereocenters. The molecule has 0 amide bonds. The van der Waals surface area contributed by atoms with E-state index < -0.39 is 0 Å². The molecule has 0 rings (SSSR count). The Balaban J connectivity index is 2.62. The van der Waals surface area contributed by atoms with E-state index in [-0.39, 0.29) is 0 Å². The van der Waals surface area contributed by atoms with Gasteiger partial charge in [0, 0.05) is 0 Å². The fourth-order valence-corrected chi connectivity index (χ4v) is 0.389. The molecule has 0 nitrogen and oxygen atoms in total. The van der Waals surface area contributed by atoms with Crippen LogP contribution in [0.15, 0.2) is 12.7 Å². The summed E-state index contributed by atoms with van der Waals surface area (Å²) < 4.78 is 0. The van der Waals surface area contributed by atoms with Gasteiger partial charge in [0.2, 0.25) is 0 Å². The molecule has 0 unspecified atom stereocenters. The Hall–Kier alpha value is -0.260. The van der Waals surface area contributed by atoms with Gasteiger partial charge in [0.25, 0.3) is 0 Å². The van der Waals surface area contributed by atoms with E-state index in [0.29, 0.717) is 0 Å². The van der Waals surface area contributed by atoms with Crippen LogP contribution in [-0.4, -0.2) is 0 Å². The quantitative estimate of drug-likeness (QED) is 0.474. The van der Waals surface area contributed by atoms with Crippen molar-refractivity contribution in [1.29, 1.82) is 0 Å². The predicted octanol–water partition coefficient (Wildman–Crippen LogP) is 2.40. The number of rotatable bonds is 5. The molecule has 0 fully saturated rings.